The van der Waals surface area contributed by atoms with E-state index in [0.717, 1.165) is 57.3 Å². The van der Waals surface area contributed by atoms with Gasteiger partial charge < -0.3 is 19.7 Å². The molecule has 0 radical (unpaired) electrons. The molecule has 31 heavy (non-hydrogen) atoms. The molecule has 2 aliphatic rings. The molecule has 2 heterocycles. The summed E-state index contributed by atoms with van der Waals surface area (Å²) in [6, 6.07) is 8.83. The lowest BCUT2D eigenvalue weighted by Gasteiger charge is -2.39. The van der Waals surface area contributed by atoms with Crippen molar-refractivity contribution in [1.29, 1.82) is 0 Å². The monoisotopic (exact) mass is 430 g/mol. The summed E-state index contributed by atoms with van der Waals surface area (Å²) in [5, 5.41) is 3.46. The van der Waals surface area contributed by atoms with Crippen molar-refractivity contribution >= 4 is 11.9 Å². The van der Waals surface area contributed by atoms with E-state index >= 15 is 0 Å². The number of nitrogens with one attached hydrogen (secondary N) is 1. The van der Waals surface area contributed by atoms with Crippen LogP contribution in [0.5, 0.6) is 5.75 Å². The van der Waals surface area contributed by atoms with Gasteiger partial charge in [-0.25, -0.2) is 0 Å². The SMILES string of the molecule is CCNC(=NCC1CCCN(C)C1c1ccc(OC)cc1)N1CCC(C(=O)OC)CC1. The van der Waals surface area contributed by atoms with E-state index in [1.165, 1.54) is 25.5 Å². The van der Waals surface area contributed by atoms with E-state index in [2.05, 4.69) is 41.2 Å². The molecule has 1 aromatic carbocycles. The Balaban J connectivity index is 1.69. The number of carbonyl (C=O) groups excluding carboxylic acids is 1. The van der Waals surface area contributed by atoms with Gasteiger partial charge in [-0.2, -0.15) is 0 Å². The fourth-order valence-electron chi connectivity index (χ4n) is 4.90. The molecule has 7 nitrogen and oxygen atoms in total. The zero-order valence-electron chi connectivity index (χ0n) is 19.5. The molecule has 0 aromatic heterocycles. The van der Waals surface area contributed by atoms with Crippen molar-refractivity contribution in [2.45, 2.75) is 38.6 Å². The number of hydrogen-bond donors (Lipinski definition) is 1. The lowest BCUT2D eigenvalue weighted by molar-refractivity contribution is -0.146. The molecule has 2 aliphatic heterocycles. The molecule has 1 N–H and O–H groups in total. The second-order valence-corrected chi connectivity index (χ2v) is 8.58. The van der Waals surface area contributed by atoms with Crippen LogP contribution in [0.2, 0.25) is 0 Å². The minimum absolute atomic E-state index is 0.00979. The Bertz CT molecular complexity index is 729. The van der Waals surface area contributed by atoms with Gasteiger partial charge in [0.05, 0.1) is 20.1 Å². The van der Waals surface area contributed by atoms with Crippen LogP contribution in [-0.2, 0) is 9.53 Å². The third kappa shape index (κ3) is 5.91. The Morgan fingerprint density at radius 1 is 1.13 bits per heavy atom. The topological polar surface area (TPSA) is 66.4 Å². The number of guanidine groups is 1. The van der Waals surface area contributed by atoms with Crippen molar-refractivity contribution < 1.29 is 14.3 Å². The van der Waals surface area contributed by atoms with Crippen molar-refractivity contribution in [2.24, 2.45) is 16.8 Å². The number of nitrogens with zero attached hydrogens (tertiary/aromatic N) is 3. The third-order valence-corrected chi connectivity index (χ3v) is 6.60. The zero-order valence-corrected chi connectivity index (χ0v) is 19.5. The quantitative estimate of drug-likeness (QED) is 0.425. The number of aliphatic imine (C=N–C) groups is 1. The average Bonchev–Trinajstić information content (AvgIpc) is 2.81. The second-order valence-electron chi connectivity index (χ2n) is 8.58. The van der Waals surface area contributed by atoms with Crippen molar-refractivity contribution in [1.82, 2.24) is 15.1 Å². The van der Waals surface area contributed by atoms with Crippen LogP contribution in [-0.4, -0.2) is 75.7 Å². The molecule has 3 rings (SSSR count). The predicted octanol–water partition coefficient (Wildman–Crippen LogP) is 2.93. The summed E-state index contributed by atoms with van der Waals surface area (Å²) in [6.45, 7) is 6.50. The van der Waals surface area contributed by atoms with Gasteiger partial charge in [0.25, 0.3) is 0 Å². The Kier molecular flexibility index (Phi) is 8.58. The van der Waals surface area contributed by atoms with E-state index in [1.807, 2.05) is 12.1 Å². The largest absolute Gasteiger partial charge is 0.497 e. The van der Waals surface area contributed by atoms with Gasteiger partial charge in [0.2, 0.25) is 0 Å². The maximum atomic E-state index is 11.8. The molecule has 172 valence electrons. The Labute approximate surface area is 186 Å². The zero-order chi connectivity index (χ0) is 22.2. The van der Waals surface area contributed by atoms with Crippen LogP contribution in [0.15, 0.2) is 29.3 Å². The molecule has 0 saturated carbocycles. The third-order valence-electron chi connectivity index (χ3n) is 6.60. The van der Waals surface area contributed by atoms with Gasteiger partial charge in [-0.15, -0.1) is 0 Å². The minimum atomic E-state index is -0.0887. The van der Waals surface area contributed by atoms with Crippen LogP contribution in [0, 0.1) is 11.8 Å². The van der Waals surface area contributed by atoms with Crippen LogP contribution in [0.3, 0.4) is 0 Å². The standard InChI is InChI=1S/C24H38N4O3/c1-5-25-24(28-15-12-19(13-16-28)23(29)31-4)26-17-20-7-6-14-27(2)22(20)18-8-10-21(30-3)11-9-18/h8-11,19-20,22H,5-7,12-17H2,1-4H3,(H,25,26). The van der Waals surface area contributed by atoms with Crippen LogP contribution in [0.1, 0.15) is 44.2 Å². The molecule has 1 aromatic rings. The number of methoxy groups -OCH3 is 2. The second kappa shape index (κ2) is 11.4. The van der Waals surface area contributed by atoms with E-state index in [1.54, 1.807) is 7.11 Å². The summed E-state index contributed by atoms with van der Waals surface area (Å²) in [7, 11) is 5.39. The van der Waals surface area contributed by atoms with Crippen LogP contribution in [0.4, 0.5) is 0 Å². The van der Waals surface area contributed by atoms with Gasteiger partial charge in [-0.05, 0) is 69.8 Å². The molecular weight excluding hydrogens is 392 g/mol. The van der Waals surface area contributed by atoms with E-state index < -0.39 is 0 Å². The van der Waals surface area contributed by atoms with E-state index in [-0.39, 0.29) is 11.9 Å². The molecule has 0 bridgehead atoms. The predicted molar refractivity (Wildman–Crippen MR) is 123 cm³/mol. The molecule has 0 spiro atoms. The van der Waals surface area contributed by atoms with Gasteiger partial charge in [0.1, 0.15) is 5.75 Å². The van der Waals surface area contributed by atoms with Crippen molar-refractivity contribution in [2.75, 3.05) is 54.0 Å². The van der Waals surface area contributed by atoms with E-state index in [4.69, 9.17) is 14.5 Å². The number of likely N-dealkylation sites (tertiary alicyclic amines) is 2. The van der Waals surface area contributed by atoms with Gasteiger partial charge in [-0.1, -0.05) is 12.1 Å². The molecule has 7 heteroatoms. The van der Waals surface area contributed by atoms with Crippen molar-refractivity contribution in [3.63, 3.8) is 0 Å². The Hall–Kier alpha value is -2.28. The number of esters is 1. The fraction of sp³-hybridized carbons (Fsp3) is 0.667. The van der Waals surface area contributed by atoms with Gasteiger partial charge in [-0.3, -0.25) is 14.7 Å². The molecule has 2 fully saturated rings. The highest BCUT2D eigenvalue weighted by molar-refractivity contribution is 5.80. The first-order valence-electron chi connectivity index (χ1n) is 11.5. The first-order valence-corrected chi connectivity index (χ1v) is 11.5. The lowest BCUT2D eigenvalue weighted by Crippen LogP contribution is -2.47. The van der Waals surface area contributed by atoms with Gasteiger partial charge in [0.15, 0.2) is 5.96 Å². The number of rotatable bonds is 6. The smallest absolute Gasteiger partial charge is 0.308 e. The molecule has 2 unspecified atom stereocenters. The highest BCUT2D eigenvalue weighted by Crippen LogP contribution is 2.36. The normalized spacial score (nSPS) is 23.5. The van der Waals surface area contributed by atoms with Crippen molar-refractivity contribution in [3.05, 3.63) is 29.8 Å². The van der Waals surface area contributed by atoms with Crippen LogP contribution >= 0.6 is 0 Å². The molecular formula is C24H38N4O3. The van der Waals surface area contributed by atoms with Gasteiger partial charge >= 0.3 is 5.97 Å². The van der Waals surface area contributed by atoms with Gasteiger partial charge in [0, 0.05) is 32.2 Å². The minimum Gasteiger partial charge on any atom is -0.497 e. The summed E-state index contributed by atoms with van der Waals surface area (Å²) in [5.41, 5.74) is 1.33. The maximum absolute atomic E-state index is 11.8. The molecule has 2 saturated heterocycles. The Morgan fingerprint density at radius 3 is 2.45 bits per heavy atom. The van der Waals surface area contributed by atoms with Crippen LogP contribution in [0.25, 0.3) is 0 Å². The molecule has 0 amide bonds. The Morgan fingerprint density at radius 2 is 1.84 bits per heavy atom. The highest BCUT2D eigenvalue weighted by Gasteiger charge is 2.31. The number of piperidine rings is 2. The number of ether oxygens (including phenoxy) is 2. The summed E-state index contributed by atoms with van der Waals surface area (Å²) in [5.74, 6) is 2.24. The van der Waals surface area contributed by atoms with Crippen LogP contribution < -0.4 is 10.1 Å². The summed E-state index contributed by atoms with van der Waals surface area (Å²) in [4.78, 5) is 21.7. The summed E-state index contributed by atoms with van der Waals surface area (Å²) in [6.07, 6.45) is 4.01. The number of benzene rings is 1. The first kappa shape index (κ1) is 23.4. The van der Waals surface area contributed by atoms with Crippen molar-refractivity contribution in [3.8, 4) is 5.75 Å². The average molecular weight is 431 g/mol. The van der Waals surface area contributed by atoms with E-state index in [9.17, 15) is 4.79 Å². The maximum Gasteiger partial charge on any atom is 0.308 e. The highest BCUT2D eigenvalue weighted by atomic mass is 16.5. The summed E-state index contributed by atoms with van der Waals surface area (Å²) >= 11 is 0. The lowest BCUT2D eigenvalue weighted by atomic mass is 9.85. The first-order chi connectivity index (χ1) is 15.1. The molecule has 2 atom stereocenters. The molecule has 0 aliphatic carbocycles. The van der Waals surface area contributed by atoms with E-state index in [0.29, 0.717) is 12.0 Å². The number of hydrogen-bond acceptors (Lipinski definition) is 5. The number of carbonyl (C=O) groups is 1. The summed E-state index contributed by atoms with van der Waals surface area (Å²) < 4.78 is 10.3. The fourth-order valence-corrected chi connectivity index (χ4v) is 4.90.